The minimum absolute atomic E-state index is 0.000594. The molecular weight excluding hydrogens is 398 g/mol. The SMILES string of the molecule is CCN(CC)CC(=O)N1CCc2cc(OC)c(OC)cc2C1c1cccc([N+](=O)[O-])c1. The summed E-state index contributed by atoms with van der Waals surface area (Å²) in [5.41, 5.74) is 2.65. The first-order valence-corrected chi connectivity index (χ1v) is 10.4. The topological polar surface area (TPSA) is 85.2 Å². The zero-order valence-corrected chi connectivity index (χ0v) is 18.5. The minimum atomic E-state index is -0.438. The van der Waals surface area contributed by atoms with Crippen molar-refractivity contribution < 1.29 is 19.2 Å². The van der Waals surface area contributed by atoms with Crippen LogP contribution in [0.3, 0.4) is 0 Å². The number of non-ortho nitro benzene ring substituents is 1. The van der Waals surface area contributed by atoms with Gasteiger partial charge in [0.15, 0.2) is 11.5 Å². The van der Waals surface area contributed by atoms with Gasteiger partial charge in [-0.05, 0) is 48.3 Å². The fraction of sp³-hybridized carbons (Fsp3) is 0.435. The Kier molecular flexibility index (Phi) is 7.12. The van der Waals surface area contributed by atoms with Gasteiger partial charge in [-0.25, -0.2) is 0 Å². The molecule has 0 aliphatic carbocycles. The maximum absolute atomic E-state index is 13.3. The second kappa shape index (κ2) is 9.78. The summed E-state index contributed by atoms with van der Waals surface area (Å²) >= 11 is 0. The summed E-state index contributed by atoms with van der Waals surface area (Å²) in [6.45, 7) is 6.43. The molecule has 0 bridgehead atoms. The van der Waals surface area contributed by atoms with Crippen LogP contribution in [0.15, 0.2) is 36.4 Å². The van der Waals surface area contributed by atoms with Gasteiger partial charge in [0, 0.05) is 18.7 Å². The highest BCUT2D eigenvalue weighted by atomic mass is 16.6. The number of carbonyl (C=O) groups excluding carboxylic acids is 1. The van der Waals surface area contributed by atoms with Crippen molar-refractivity contribution in [2.45, 2.75) is 26.3 Å². The van der Waals surface area contributed by atoms with Crippen LogP contribution >= 0.6 is 0 Å². The number of hydrogen-bond donors (Lipinski definition) is 0. The maximum Gasteiger partial charge on any atom is 0.269 e. The van der Waals surface area contributed by atoms with Crippen molar-refractivity contribution in [2.75, 3.05) is 40.4 Å². The number of carbonyl (C=O) groups is 1. The Morgan fingerprint density at radius 1 is 1.16 bits per heavy atom. The third kappa shape index (κ3) is 4.64. The molecule has 0 radical (unpaired) electrons. The molecule has 0 fully saturated rings. The summed E-state index contributed by atoms with van der Waals surface area (Å²) in [5.74, 6) is 1.19. The molecule has 1 unspecified atom stereocenters. The lowest BCUT2D eigenvalue weighted by Gasteiger charge is -2.39. The lowest BCUT2D eigenvalue weighted by Crippen LogP contribution is -2.45. The van der Waals surface area contributed by atoms with Gasteiger partial charge < -0.3 is 14.4 Å². The molecular formula is C23H29N3O5. The van der Waals surface area contributed by atoms with Crippen molar-refractivity contribution in [1.82, 2.24) is 9.80 Å². The monoisotopic (exact) mass is 427 g/mol. The highest BCUT2D eigenvalue weighted by Crippen LogP contribution is 2.41. The number of nitro groups is 1. The Morgan fingerprint density at radius 3 is 2.45 bits per heavy atom. The molecule has 1 atom stereocenters. The molecule has 8 heteroatoms. The van der Waals surface area contributed by atoms with Gasteiger partial charge >= 0.3 is 0 Å². The van der Waals surface area contributed by atoms with Crippen molar-refractivity contribution >= 4 is 11.6 Å². The van der Waals surface area contributed by atoms with Crippen LogP contribution < -0.4 is 9.47 Å². The van der Waals surface area contributed by atoms with E-state index < -0.39 is 11.0 Å². The molecule has 2 aromatic rings. The Bertz CT molecular complexity index is 958. The Balaban J connectivity index is 2.12. The Hall–Kier alpha value is -3.13. The third-order valence-electron chi connectivity index (χ3n) is 5.84. The van der Waals surface area contributed by atoms with E-state index in [9.17, 15) is 14.9 Å². The molecule has 1 amide bonds. The molecule has 0 saturated heterocycles. The average Bonchev–Trinajstić information content (AvgIpc) is 2.80. The van der Waals surface area contributed by atoms with Crippen molar-refractivity contribution in [2.24, 2.45) is 0 Å². The van der Waals surface area contributed by atoms with Gasteiger partial charge in [-0.2, -0.15) is 0 Å². The Morgan fingerprint density at radius 2 is 1.84 bits per heavy atom. The first-order valence-electron chi connectivity index (χ1n) is 10.4. The second-order valence-electron chi connectivity index (χ2n) is 7.46. The van der Waals surface area contributed by atoms with E-state index in [4.69, 9.17) is 9.47 Å². The van der Waals surface area contributed by atoms with E-state index in [1.54, 1.807) is 26.4 Å². The number of fused-ring (bicyclic) bond motifs is 1. The van der Waals surface area contributed by atoms with E-state index in [-0.39, 0.29) is 11.6 Å². The predicted octanol–water partition coefficient (Wildman–Crippen LogP) is 3.43. The normalized spacial score (nSPS) is 15.5. The van der Waals surface area contributed by atoms with Crippen molar-refractivity contribution in [3.63, 3.8) is 0 Å². The molecule has 3 rings (SSSR count). The number of likely N-dealkylation sites (N-methyl/N-ethyl adjacent to an activating group) is 1. The summed E-state index contributed by atoms with van der Waals surface area (Å²) in [6.07, 6.45) is 0.672. The number of hydrogen-bond acceptors (Lipinski definition) is 6. The van der Waals surface area contributed by atoms with Crippen LogP contribution in [0, 0.1) is 10.1 Å². The highest BCUT2D eigenvalue weighted by Gasteiger charge is 2.34. The van der Waals surface area contributed by atoms with Gasteiger partial charge in [-0.1, -0.05) is 26.0 Å². The molecule has 166 valence electrons. The number of nitrogens with zero attached hydrogens (tertiary/aromatic N) is 3. The number of benzene rings is 2. The van der Waals surface area contributed by atoms with Gasteiger partial charge in [0.25, 0.3) is 5.69 Å². The van der Waals surface area contributed by atoms with Crippen LogP contribution in [-0.2, 0) is 11.2 Å². The molecule has 0 aromatic heterocycles. The standard InChI is InChI=1S/C23H29N3O5/c1-5-24(6-2)15-22(27)25-11-10-16-13-20(30-3)21(31-4)14-19(16)23(25)17-8-7-9-18(12-17)26(28)29/h7-9,12-14,23H,5-6,10-11,15H2,1-4H3. The van der Waals surface area contributed by atoms with E-state index in [1.165, 1.54) is 6.07 Å². The molecule has 0 spiro atoms. The number of amides is 1. The first-order chi connectivity index (χ1) is 14.9. The summed E-state index contributed by atoms with van der Waals surface area (Å²) < 4.78 is 10.9. The second-order valence-corrected chi connectivity index (χ2v) is 7.46. The predicted molar refractivity (Wildman–Crippen MR) is 118 cm³/mol. The summed E-state index contributed by atoms with van der Waals surface area (Å²) in [7, 11) is 3.16. The zero-order chi connectivity index (χ0) is 22.5. The van der Waals surface area contributed by atoms with Crippen LogP contribution in [0.5, 0.6) is 11.5 Å². The van der Waals surface area contributed by atoms with Crippen molar-refractivity contribution in [3.8, 4) is 11.5 Å². The number of methoxy groups -OCH3 is 2. The highest BCUT2D eigenvalue weighted by molar-refractivity contribution is 5.80. The van der Waals surface area contributed by atoms with Gasteiger partial charge in [-0.3, -0.25) is 19.8 Å². The van der Waals surface area contributed by atoms with Gasteiger partial charge in [0.1, 0.15) is 0 Å². The quantitative estimate of drug-likeness (QED) is 0.474. The van der Waals surface area contributed by atoms with E-state index in [0.29, 0.717) is 36.6 Å². The first kappa shape index (κ1) is 22.6. The molecule has 2 aromatic carbocycles. The summed E-state index contributed by atoms with van der Waals surface area (Å²) in [4.78, 5) is 28.2. The molecule has 1 aliphatic rings. The lowest BCUT2D eigenvalue weighted by molar-refractivity contribution is -0.384. The Labute approximate surface area is 182 Å². The number of ether oxygens (including phenoxy) is 2. The van der Waals surface area contributed by atoms with E-state index in [2.05, 4.69) is 4.90 Å². The van der Waals surface area contributed by atoms with Crippen molar-refractivity contribution in [1.29, 1.82) is 0 Å². The van der Waals surface area contributed by atoms with Crippen LogP contribution in [0.1, 0.15) is 36.6 Å². The van der Waals surface area contributed by atoms with Gasteiger partial charge in [0.2, 0.25) is 5.91 Å². The molecule has 8 nitrogen and oxygen atoms in total. The van der Waals surface area contributed by atoms with E-state index in [0.717, 1.165) is 24.2 Å². The summed E-state index contributed by atoms with van der Waals surface area (Å²) in [6, 6.07) is 9.89. The molecule has 1 heterocycles. The minimum Gasteiger partial charge on any atom is -0.493 e. The number of rotatable bonds is 8. The molecule has 0 saturated carbocycles. The zero-order valence-electron chi connectivity index (χ0n) is 18.5. The van der Waals surface area contributed by atoms with Crippen LogP contribution in [0.2, 0.25) is 0 Å². The fourth-order valence-electron chi connectivity index (χ4n) is 4.11. The molecule has 1 aliphatic heterocycles. The van der Waals surface area contributed by atoms with Gasteiger partial charge in [-0.15, -0.1) is 0 Å². The average molecular weight is 428 g/mol. The molecule has 0 N–H and O–H groups in total. The largest absolute Gasteiger partial charge is 0.493 e. The van der Waals surface area contributed by atoms with E-state index in [1.807, 2.05) is 36.9 Å². The van der Waals surface area contributed by atoms with Gasteiger partial charge in [0.05, 0.1) is 31.7 Å². The summed E-state index contributed by atoms with van der Waals surface area (Å²) in [5, 5.41) is 11.4. The lowest BCUT2D eigenvalue weighted by atomic mass is 9.87. The smallest absolute Gasteiger partial charge is 0.269 e. The third-order valence-corrected chi connectivity index (χ3v) is 5.84. The van der Waals surface area contributed by atoms with E-state index >= 15 is 0 Å². The van der Waals surface area contributed by atoms with Crippen LogP contribution in [-0.4, -0.2) is 61.0 Å². The maximum atomic E-state index is 13.3. The van der Waals surface area contributed by atoms with Crippen LogP contribution in [0.25, 0.3) is 0 Å². The number of nitro benzene ring substituents is 1. The van der Waals surface area contributed by atoms with Crippen LogP contribution in [0.4, 0.5) is 5.69 Å². The van der Waals surface area contributed by atoms with Crippen molar-refractivity contribution in [3.05, 3.63) is 63.2 Å². The molecule has 31 heavy (non-hydrogen) atoms. The fourth-order valence-corrected chi connectivity index (χ4v) is 4.11.